The van der Waals surface area contributed by atoms with E-state index in [1.54, 1.807) is 54.2 Å². The first kappa shape index (κ1) is 24.0. The topological polar surface area (TPSA) is 101 Å². The summed E-state index contributed by atoms with van der Waals surface area (Å²) in [6.45, 7) is 5.99. The quantitative estimate of drug-likeness (QED) is 0.333. The molecule has 11 heteroatoms. The Bertz CT molecular complexity index is 1130. The number of ether oxygens (including phenoxy) is 1. The van der Waals surface area contributed by atoms with Crippen molar-refractivity contribution >= 4 is 49.8 Å². The molecule has 0 aliphatic heterocycles. The first-order valence-corrected chi connectivity index (χ1v) is 13.0. The van der Waals surface area contributed by atoms with Crippen LogP contribution in [0.15, 0.2) is 63.8 Å². The Labute approximate surface area is 196 Å². The van der Waals surface area contributed by atoms with Crippen LogP contribution in [0.4, 0.5) is 10.8 Å². The summed E-state index contributed by atoms with van der Waals surface area (Å²) >= 11 is 2.79. The van der Waals surface area contributed by atoms with Gasteiger partial charge in [0, 0.05) is 5.25 Å². The number of benzene rings is 2. The monoisotopic (exact) mass is 492 g/mol. The zero-order chi connectivity index (χ0) is 23.1. The molecule has 170 valence electrons. The molecule has 1 aromatic heterocycles. The van der Waals surface area contributed by atoms with E-state index in [4.69, 9.17) is 4.74 Å². The Morgan fingerprint density at radius 1 is 1.12 bits per heavy atom. The molecule has 8 nitrogen and oxygen atoms in total. The van der Waals surface area contributed by atoms with Crippen LogP contribution in [0.1, 0.15) is 20.8 Å². The Kier molecular flexibility index (Phi) is 8.10. The van der Waals surface area contributed by atoms with Crippen molar-refractivity contribution in [2.24, 2.45) is 0 Å². The first-order valence-electron chi connectivity index (χ1n) is 9.90. The number of rotatable bonds is 10. The van der Waals surface area contributed by atoms with Gasteiger partial charge in [0.1, 0.15) is 12.3 Å². The maximum absolute atomic E-state index is 13.4. The third kappa shape index (κ3) is 6.21. The average Bonchev–Trinajstić information content (AvgIpc) is 3.19. The van der Waals surface area contributed by atoms with E-state index in [-0.39, 0.29) is 4.90 Å². The number of carbonyl (C=O) groups is 1. The van der Waals surface area contributed by atoms with Crippen molar-refractivity contribution in [3.63, 3.8) is 0 Å². The van der Waals surface area contributed by atoms with Gasteiger partial charge in [0.15, 0.2) is 4.34 Å². The standard InChI is InChI=1S/C21H24N4O4S3/c1-4-29-17-10-12-18(13-11-17)32(27,28)25(16-8-6-5-7-9-16)14-19(26)22-20-23-24-21(31-20)30-15(2)3/h5-13,15H,4,14H2,1-3H3,(H,22,23,26). The van der Waals surface area contributed by atoms with Crippen LogP contribution < -0.4 is 14.4 Å². The van der Waals surface area contributed by atoms with Crippen molar-refractivity contribution in [1.29, 1.82) is 0 Å². The molecule has 0 unspecified atom stereocenters. The van der Waals surface area contributed by atoms with Gasteiger partial charge in [0.05, 0.1) is 17.2 Å². The van der Waals surface area contributed by atoms with E-state index in [2.05, 4.69) is 15.5 Å². The SMILES string of the molecule is CCOc1ccc(S(=O)(=O)N(CC(=O)Nc2nnc(SC(C)C)s2)c2ccccc2)cc1. The smallest absolute Gasteiger partial charge is 0.264 e. The third-order valence-electron chi connectivity index (χ3n) is 4.04. The first-order chi connectivity index (χ1) is 15.3. The number of thioether (sulfide) groups is 1. The molecule has 0 aliphatic carbocycles. The fraction of sp³-hybridized carbons (Fsp3) is 0.286. The Balaban J connectivity index is 1.83. The number of sulfonamides is 1. The van der Waals surface area contributed by atoms with E-state index >= 15 is 0 Å². The molecule has 0 saturated heterocycles. The van der Waals surface area contributed by atoms with Gasteiger partial charge in [-0.25, -0.2) is 8.42 Å². The Hall–Kier alpha value is -2.63. The van der Waals surface area contributed by atoms with E-state index < -0.39 is 22.5 Å². The van der Waals surface area contributed by atoms with Gasteiger partial charge in [-0.05, 0) is 43.3 Å². The fourth-order valence-electron chi connectivity index (χ4n) is 2.71. The number of carbonyl (C=O) groups excluding carboxylic acids is 1. The van der Waals surface area contributed by atoms with Gasteiger partial charge in [-0.3, -0.25) is 14.4 Å². The molecular formula is C21H24N4O4S3. The summed E-state index contributed by atoms with van der Waals surface area (Å²) in [5, 5.41) is 11.3. The highest BCUT2D eigenvalue weighted by Crippen LogP contribution is 2.29. The van der Waals surface area contributed by atoms with Gasteiger partial charge < -0.3 is 4.74 Å². The Morgan fingerprint density at radius 3 is 2.44 bits per heavy atom. The molecule has 0 atom stereocenters. The van der Waals surface area contributed by atoms with E-state index in [0.717, 1.165) is 8.64 Å². The number of nitrogens with one attached hydrogen (secondary N) is 1. The summed E-state index contributed by atoms with van der Waals surface area (Å²) in [6.07, 6.45) is 0. The molecule has 32 heavy (non-hydrogen) atoms. The normalized spacial score (nSPS) is 11.4. The van der Waals surface area contributed by atoms with Crippen LogP contribution in [-0.4, -0.2) is 42.9 Å². The minimum atomic E-state index is -4.00. The van der Waals surface area contributed by atoms with Gasteiger partial charge in [-0.15, -0.1) is 10.2 Å². The van der Waals surface area contributed by atoms with Crippen molar-refractivity contribution in [2.45, 2.75) is 35.3 Å². The number of nitrogens with zero attached hydrogens (tertiary/aromatic N) is 3. The third-order valence-corrected chi connectivity index (χ3v) is 7.76. The van der Waals surface area contributed by atoms with E-state index in [1.807, 2.05) is 20.8 Å². The van der Waals surface area contributed by atoms with Crippen molar-refractivity contribution in [3.8, 4) is 5.75 Å². The molecule has 1 amide bonds. The van der Waals surface area contributed by atoms with E-state index in [9.17, 15) is 13.2 Å². The van der Waals surface area contributed by atoms with Crippen LogP contribution >= 0.6 is 23.1 Å². The van der Waals surface area contributed by atoms with E-state index in [1.165, 1.54) is 23.5 Å². The average molecular weight is 493 g/mol. The summed E-state index contributed by atoms with van der Waals surface area (Å²) in [4.78, 5) is 12.8. The lowest BCUT2D eigenvalue weighted by Gasteiger charge is -2.24. The lowest BCUT2D eigenvalue weighted by atomic mass is 10.3. The second kappa shape index (κ2) is 10.8. The number of hydrogen-bond donors (Lipinski definition) is 1. The minimum absolute atomic E-state index is 0.0594. The number of aromatic nitrogens is 2. The number of anilines is 2. The maximum atomic E-state index is 13.4. The highest BCUT2D eigenvalue weighted by Gasteiger charge is 2.27. The lowest BCUT2D eigenvalue weighted by molar-refractivity contribution is -0.114. The zero-order valence-electron chi connectivity index (χ0n) is 17.9. The maximum Gasteiger partial charge on any atom is 0.264 e. The number of amides is 1. The summed E-state index contributed by atoms with van der Waals surface area (Å²) < 4.78 is 34.0. The van der Waals surface area contributed by atoms with Crippen LogP contribution in [0, 0.1) is 0 Å². The molecule has 2 aromatic carbocycles. The van der Waals surface area contributed by atoms with Crippen LogP contribution in [0.2, 0.25) is 0 Å². The summed E-state index contributed by atoms with van der Waals surface area (Å²) in [7, 11) is -4.00. The molecule has 0 radical (unpaired) electrons. The number of hydrogen-bond acceptors (Lipinski definition) is 8. The predicted molar refractivity (Wildman–Crippen MR) is 128 cm³/mol. The molecule has 0 saturated carbocycles. The fourth-order valence-corrected chi connectivity index (χ4v) is 6.12. The van der Waals surface area contributed by atoms with Crippen LogP contribution in [0.25, 0.3) is 0 Å². The van der Waals surface area contributed by atoms with Crippen LogP contribution in [0.5, 0.6) is 5.75 Å². The summed E-state index contributed by atoms with van der Waals surface area (Å²) in [5.41, 5.74) is 0.379. The van der Waals surface area contributed by atoms with Gasteiger partial charge >= 0.3 is 0 Å². The second-order valence-corrected chi connectivity index (χ2v) is 11.5. The second-order valence-electron chi connectivity index (χ2n) is 6.84. The van der Waals surface area contributed by atoms with Gasteiger partial charge in [0.25, 0.3) is 10.0 Å². The molecule has 3 rings (SSSR count). The predicted octanol–water partition coefficient (Wildman–Crippen LogP) is 4.27. The Morgan fingerprint density at radius 2 is 1.81 bits per heavy atom. The summed E-state index contributed by atoms with van der Waals surface area (Å²) in [6, 6.07) is 14.6. The zero-order valence-corrected chi connectivity index (χ0v) is 20.3. The highest BCUT2D eigenvalue weighted by atomic mass is 32.2. The van der Waals surface area contributed by atoms with Crippen LogP contribution in [-0.2, 0) is 14.8 Å². The molecule has 1 heterocycles. The van der Waals surface area contributed by atoms with Crippen LogP contribution in [0.3, 0.4) is 0 Å². The van der Waals surface area contributed by atoms with Gasteiger partial charge in [0.2, 0.25) is 11.0 Å². The number of para-hydroxylation sites is 1. The van der Waals surface area contributed by atoms with Crippen molar-refractivity contribution in [2.75, 3.05) is 22.8 Å². The van der Waals surface area contributed by atoms with E-state index in [0.29, 0.717) is 28.4 Å². The van der Waals surface area contributed by atoms with Gasteiger partial charge in [-0.1, -0.05) is 55.1 Å². The van der Waals surface area contributed by atoms with Gasteiger partial charge in [-0.2, -0.15) is 0 Å². The molecule has 0 bridgehead atoms. The minimum Gasteiger partial charge on any atom is -0.494 e. The largest absolute Gasteiger partial charge is 0.494 e. The molecule has 3 aromatic rings. The summed E-state index contributed by atoms with van der Waals surface area (Å²) in [5.74, 6) is 0.0578. The molecule has 1 N–H and O–H groups in total. The molecule has 0 aliphatic rings. The molecule has 0 fully saturated rings. The van der Waals surface area contributed by atoms with Crippen molar-refractivity contribution in [1.82, 2.24) is 10.2 Å². The highest BCUT2D eigenvalue weighted by molar-refractivity contribution is 8.01. The molecular weight excluding hydrogens is 468 g/mol. The molecule has 0 spiro atoms. The van der Waals surface area contributed by atoms with Crippen molar-refractivity contribution in [3.05, 3.63) is 54.6 Å². The van der Waals surface area contributed by atoms with Crippen molar-refractivity contribution < 1.29 is 17.9 Å². The lowest BCUT2D eigenvalue weighted by Crippen LogP contribution is -2.38.